The molecule has 0 aliphatic rings. The van der Waals surface area contributed by atoms with Crippen LogP contribution in [0.4, 0.5) is 0 Å². The third-order valence-corrected chi connectivity index (χ3v) is 2.61. The molecule has 92 valence electrons. The Balaban J connectivity index is 2.25. The van der Waals surface area contributed by atoms with E-state index in [0.29, 0.717) is 24.4 Å². The second-order valence-corrected chi connectivity index (χ2v) is 3.71. The number of nitrogens with zero attached hydrogens (tertiary/aromatic N) is 6. The fraction of sp³-hybridized carbons (Fsp3) is 0.300. The maximum Gasteiger partial charge on any atom is 0.283 e. The quantitative estimate of drug-likeness (QED) is 0.618. The van der Waals surface area contributed by atoms with Gasteiger partial charge in [-0.2, -0.15) is 9.61 Å². The van der Waals surface area contributed by atoms with Gasteiger partial charge in [0.25, 0.3) is 5.56 Å². The highest BCUT2D eigenvalue weighted by molar-refractivity contribution is 5.70. The minimum Gasteiger partial charge on any atom is -0.383 e. The van der Waals surface area contributed by atoms with Crippen molar-refractivity contribution in [2.24, 2.45) is 0 Å². The van der Waals surface area contributed by atoms with E-state index in [4.69, 9.17) is 4.74 Å². The summed E-state index contributed by atoms with van der Waals surface area (Å²) in [5.41, 5.74) is 0.916. The SMILES string of the molecule is COCCn1cnc2c(nnc3ccnn32)c1=O. The molecule has 0 atom stereocenters. The van der Waals surface area contributed by atoms with E-state index in [0.717, 1.165) is 0 Å². The van der Waals surface area contributed by atoms with E-state index in [9.17, 15) is 4.79 Å². The Morgan fingerprint density at radius 2 is 2.28 bits per heavy atom. The summed E-state index contributed by atoms with van der Waals surface area (Å²) in [6.45, 7) is 0.863. The third-order valence-electron chi connectivity index (χ3n) is 2.61. The number of hydrogen-bond donors (Lipinski definition) is 0. The Morgan fingerprint density at radius 3 is 3.11 bits per heavy atom. The predicted molar refractivity (Wildman–Crippen MR) is 62.2 cm³/mol. The van der Waals surface area contributed by atoms with Crippen molar-refractivity contribution < 1.29 is 4.74 Å². The first-order valence-electron chi connectivity index (χ1n) is 5.36. The van der Waals surface area contributed by atoms with Gasteiger partial charge in [-0.25, -0.2) is 4.98 Å². The van der Waals surface area contributed by atoms with Crippen LogP contribution in [0.15, 0.2) is 23.4 Å². The summed E-state index contributed by atoms with van der Waals surface area (Å²) in [7, 11) is 1.58. The molecule has 0 aliphatic carbocycles. The molecule has 8 nitrogen and oxygen atoms in total. The molecule has 0 radical (unpaired) electrons. The Kier molecular flexibility index (Phi) is 2.49. The van der Waals surface area contributed by atoms with Crippen LogP contribution in [0.25, 0.3) is 16.8 Å². The molecule has 0 bridgehead atoms. The monoisotopic (exact) mass is 246 g/mol. The summed E-state index contributed by atoms with van der Waals surface area (Å²) in [4.78, 5) is 16.3. The summed E-state index contributed by atoms with van der Waals surface area (Å²) < 4.78 is 7.86. The molecular formula is C10H10N6O2. The van der Waals surface area contributed by atoms with Crippen LogP contribution in [0.3, 0.4) is 0 Å². The summed E-state index contributed by atoms with van der Waals surface area (Å²) in [6.07, 6.45) is 3.05. The van der Waals surface area contributed by atoms with Crippen LogP contribution in [0.2, 0.25) is 0 Å². The zero-order chi connectivity index (χ0) is 12.5. The Morgan fingerprint density at radius 1 is 1.39 bits per heavy atom. The first-order valence-corrected chi connectivity index (χ1v) is 5.36. The molecule has 0 aromatic carbocycles. The third kappa shape index (κ3) is 1.54. The Bertz CT molecular complexity index is 762. The lowest BCUT2D eigenvalue weighted by molar-refractivity contribution is 0.186. The Hall–Kier alpha value is -2.35. The van der Waals surface area contributed by atoms with Crippen LogP contribution in [0, 0.1) is 0 Å². The van der Waals surface area contributed by atoms with E-state index in [-0.39, 0.29) is 11.1 Å². The minimum absolute atomic E-state index is 0.199. The Labute approximate surface area is 101 Å². The number of hydrogen-bond acceptors (Lipinski definition) is 6. The predicted octanol–water partition coefficient (Wildman–Crippen LogP) is -0.519. The van der Waals surface area contributed by atoms with Crippen LogP contribution < -0.4 is 5.56 Å². The minimum atomic E-state index is -0.248. The van der Waals surface area contributed by atoms with Crippen LogP contribution in [0.1, 0.15) is 0 Å². The zero-order valence-corrected chi connectivity index (χ0v) is 9.65. The van der Waals surface area contributed by atoms with Gasteiger partial charge in [-0.1, -0.05) is 0 Å². The van der Waals surface area contributed by atoms with Crippen molar-refractivity contribution in [2.45, 2.75) is 6.54 Å². The molecule has 0 amide bonds. The molecule has 8 heteroatoms. The fourth-order valence-electron chi connectivity index (χ4n) is 1.70. The fourth-order valence-corrected chi connectivity index (χ4v) is 1.70. The molecule has 0 aliphatic heterocycles. The van der Waals surface area contributed by atoms with E-state index in [1.165, 1.54) is 15.4 Å². The van der Waals surface area contributed by atoms with Gasteiger partial charge in [-0.05, 0) is 0 Å². The second-order valence-electron chi connectivity index (χ2n) is 3.71. The van der Waals surface area contributed by atoms with E-state index in [1.807, 2.05) is 0 Å². The van der Waals surface area contributed by atoms with E-state index < -0.39 is 0 Å². The van der Waals surface area contributed by atoms with Crippen molar-refractivity contribution in [3.05, 3.63) is 28.9 Å². The van der Waals surface area contributed by atoms with Crippen molar-refractivity contribution in [2.75, 3.05) is 13.7 Å². The van der Waals surface area contributed by atoms with Crippen LogP contribution in [-0.2, 0) is 11.3 Å². The van der Waals surface area contributed by atoms with Gasteiger partial charge in [0.05, 0.1) is 19.3 Å². The standard InChI is InChI=1S/C10H10N6O2/c1-18-5-4-15-6-11-9-8(10(15)17)14-13-7-2-3-12-16(7)9/h2-3,6H,4-5H2,1H3. The summed E-state index contributed by atoms with van der Waals surface area (Å²) >= 11 is 0. The van der Waals surface area contributed by atoms with Crippen LogP contribution in [-0.4, -0.2) is 43.1 Å². The highest BCUT2D eigenvalue weighted by atomic mass is 16.5. The molecule has 0 saturated carbocycles. The zero-order valence-electron chi connectivity index (χ0n) is 9.65. The van der Waals surface area contributed by atoms with Gasteiger partial charge in [-0.15, -0.1) is 10.2 Å². The van der Waals surface area contributed by atoms with E-state index >= 15 is 0 Å². The molecule has 0 N–H and O–H groups in total. The number of aromatic nitrogens is 6. The van der Waals surface area contributed by atoms with E-state index in [2.05, 4.69) is 20.3 Å². The average Bonchev–Trinajstić information content (AvgIpc) is 2.86. The maximum absolute atomic E-state index is 12.1. The van der Waals surface area contributed by atoms with Gasteiger partial charge in [0.15, 0.2) is 16.8 Å². The molecule has 3 heterocycles. The smallest absolute Gasteiger partial charge is 0.283 e. The molecule has 0 saturated heterocycles. The molecular weight excluding hydrogens is 236 g/mol. The largest absolute Gasteiger partial charge is 0.383 e. The second kappa shape index (κ2) is 4.15. The molecule has 18 heavy (non-hydrogen) atoms. The molecule has 3 aromatic heterocycles. The maximum atomic E-state index is 12.1. The van der Waals surface area contributed by atoms with Crippen molar-refractivity contribution in [1.29, 1.82) is 0 Å². The van der Waals surface area contributed by atoms with Gasteiger partial charge < -0.3 is 4.74 Å². The molecule has 3 aromatic rings. The first-order chi connectivity index (χ1) is 8.81. The van der Waals surface area contributed by atoms with Crippen molar-refractivity contribution in [3.8, 4) is 0 Å². The van der Waals surface area contributed by atoms with Gasteiger partial charge in [-0.3, -0.25) is 9.36 Å². The normalized spacial score (nSPS) is 11.4. The number of ether oxygens (including phenoxy) is 1. The lowest BCUT2D eigenvalue weighted by Gasteiger charge is -2.05. The first kappa shape index (κ1) is 10.8. The van der Waals surface area contributed by atoms with Crippen molar-refractivity contribution in [3.63, 3.8) is 0 Å². The summed E-state index contributed by atoms with van der Waals surface area (Å²) in [5, 5.41) is 11.9. The number of methoxy groups -OCH3 is 1. The van der Waals surface area contributed by atoms with Crippen molar-refractivity contribution >= 4 is 16.8 Å². The summed E-state index contributed by atoms with van der Waals surface area (Å²) in [5.74, 6) is 0. The topological polar surface area (TPSA) is 87.2 Å². The molecule has 0 unspecified atom stereocenters. The van der Waals surface area contributed by atoms with Crippen molar-refractivity contribution in [1.82, 2.24) is 29.4 Å². The van der Waals surface area contributed by atoms with Gasteiger partial charge >= 0.3 is 0 Å². The molecule has 3 rings (SSSR count). The number of fused-ring (bicyclic) bond motifs is 3. The average molecular weight is 246 g/mol. The van der Waals surface area contributed by atoms with Crippen LogP contribution >= 0.6 is 0 Å². The van der Waals surface area contributed by atoms with Gasteiger partial charge in [0.1, 0.15) is 6.33 Å². The lowest BCUT2D eigenvalue weighted by atomic mass is 10.5. The lowest BCUT2D eigenvalue weighted by Crippen LogP contribution is -2.24. The molecule has 0 spiro atoms. The summed E-state index contributed by atoms with van der Waals surface area (Å²) in [6, 6.07) is 1.70. The molecule has 0 fully saturated rings. The van der Waals surface area contributed by atoms with E-state index in [1.54, 1.807) is 19.4 Å². The van der Waals surface area contributed by atoms with Crippen LogP contribution in [0.5, 0.6) is 0 Å². The van der Waals surface area contributed by atoms with Gasteiger partial charge in [0, 0.05) is 13.2 Å². The number of rotatable bonds is 3. The highest BCUT2D eigenvalue weighted by Crippen LogP contribution is 2.04. The van der Waals surface area contributed by atoms with Gasteiger partial charge in [0.2, 0.25) is 0 Å². The highest BCUT2D eigenvalue weighted by Gasteiger charge is 2.10.